The number of aromatic hydroxyl groups is 1. The molecule has 11 nitrogen and oxygen atoms in total. The van der Waals surface area contributed by atoms with Crippen molar-refractivity contribution in [2.75, 3.05) is 5.32 Å². The minimum absolute atomic E-state index is 0.00289. The number of benzene rings is 2. The second-order valence-corrected chi connectivity index (χ2v) is 8.40. The first kappa shape index (κ1) is 19.8. The monoisotopic (exact) mass is 430 g/mol. The van der Waals surface area contributed by atoms with Crippen LogP contribution in [-0.2, 0) is 20.2 Å². The molecule has 0 spiro atoms. The maximum atomic E-state index is 13.4. The van der Waals surface area contributed by atoms with Gasteiger partial charge in [-0.25, -0.2) is 0 Å². The minimum Gasteiger partial charge on any atom is -0.507 e. The number of hydrogen-bond donors (Lipinski definition) is 4. The Balaban J connectivity index is 2.33. The molecule has 0 amide bonds. The third-order valence-electron chi connectivity index (χ3n) is 3.54. The largest absolute Gasteiger partial charge is 0.507 e. The van der Waals surface area contributed by atoms with Crippen LogP contribution in [0.25, 0.3) is 10.8 Å². The summed E-state index contributed by atoms with van der Waals surface area (Å²) in [4.78, 5) is 9.16. The van der Waals surface area contributed by atoms with Crippen LogP contribution >= 0.6 is 0 Å². The fourth-order valence-corrected chi connectivity index (χ4v) is 3.54. The van der Waals surface area contributed by atoms with Crippen molar-refractivity contribution in [1.29, 1.82) is 0 Å². The third kappa shape index (κ3) is 3.99. The Kier molecular flexibility index (Phi) is 4.66. The Bertz CT molecular complexity index is 1300. The van der Waals surface area contributed by atoms with Crippen LogP contribution in [0.4, 0.5) is 16.0 Å². The SMILES string of the molecule is Cc1nc(F)nc(Nc2cc(S(=O)(=O)O)cc3cc(S(=O)(=O)O)cc(O)c23)n1. The van der Waals surface area contributed by atoms with Crippen molar-refractivity contribution < 1.29 is 35.4 Å². The number of phenolic OH excluding ortho intramolecular Hbond substituents is 1. The van der Waals surface area contributed by atoms with Gasteiger partial charge in [-0.15, -0.1) is 0 Å². The molecular formula is C14H11FN4O7S2. The van der Waals surface area contributed by atoms with Crippen LogP contribution in [0.3, 0.4) is 0 Å². The lowest BCUT2D eigenvalue weighted by Crippen LogP contribution is -2.06. The minimum atomic E-state index is -4.75. The number of nitrogens with one attached hydrogen (secondary N) is 1. The van der Waals surface area contributed by atoms with Crippen molar-refractivity contribution in [2.24, 2.45) is 0 Å². The third-order valence-corrected chi connectivity index (χ3v) is 5.20. The lowest BCUT2D eigenvalue weighted by molar-refractivity contribution is 0.471. The first-order chi connectivity index (χ1) is 12.8. The number of phenols is 1. The van der Waals surface area contributed by atoms with E-state index >= 15 is 0 Å². The summed E-state index contributed by atoms with van der Waals surface area (Å²) in [5.74, 6) is -0.985. The molecule has 0 aliphatic rings. The molecule has 1 heterocycles. The molecule has 3 aromatic rings. The predicted molar refractivity (Wildman–Crippen MR) is 93.0 cm³/mol. The fourth-order valence-electron chi connectivity index (χ4n) is 2.46. The molecular weight excluding hydrogens is 419 g/mol. The molecule has 4 N–H and O–H groups in total. The van der Waals surface area contributed by atoms with E-state index in [4.69, 9.17) is 0 Å². The summed E-state index contributed by atoms with van der Waals surface area (Å²) in [6.45, 7) is 1.37. The number of hydrogen-bond acceptors (Lipinski definition) is 9. The number of nitrogens with zero attached hydrogens (tertiary/aromatic N) is 3. The molecule has 3 rings (SSSR count). The maximum Gasteiger partial charge on any atom is 0.313 e. The summed E-state index contributed by atoms with van der Waals surface area (Å²) in [6, 6.07) is 3.39. The van der Waals surface area contributed by atoms with Gasteiger partial charge >= 0.3 is 6.08 Å². The van der Waals surface area contributed by atoms with Gasteiger partial charge in [0.1, 0.15) is 11.6 Å². The summed E-state index contributed by atoms with van der Waals surface area (Å²) in [5, 5.41) is 12.4. The van der Waals surface area contributed by atoms with Crippen LogP contribution in [0.2, 0.25) is 0 Å². The summed E-state index contributed by atoms with van der Waals surface area (Å²) >= 11 is 0. The molecule has 0 fully saturated rings. The second-order valence-electron chi connectivity index (χ2n) is 5.56. The molecule has 0 saturated heterocycles. The number of fused-ring (bicyclic) bond motifs is 1. The zero-order chi connectivity index (χ0) is 20.9. The summed E-state index contributed by atoms with van der Waals surface area (Å²) < 4.78 is 77.7. The highest BCUT2D eigenvalue weighted by Gasteiger charge is 2.20. The zero-order valence-electron chi connectivity index (χ0n) is 13.8. The van der Waals surface area contributed by atoms with Crippen LogP contribution in [-0.4, -0.2) is 46.0 Å². The van der Waals surface area contributed by atoms with E-state index in [-0.39, 0.29) is 28.2 Å². The molecule has 0 atom stereocenters. The molecule has 0 bridgehead atoms. The van der Waals surface area contributed by atoms with Gasteiger partial charge in [-0.2, -0.15) is 36.2 Å². The molecule has 0 radical (unpaired) electrons. The molecule has 1 aromatic heterocycles. The van der Waals surface area contributed by atoms with Crippen molar-refractivity contribution in [3.05, 3.63) is 36.2 Å². The highest BCUT2D eigenvalue weighted by Crippen LogP contribution is 2.37. The molecule has 0 aliphatic heterocycles. The van der Waals surface area contributed by atoms with Gasteiger partial charge in [-0.3, -0.25) is 9.11 Å². The van der Waals surface area contributed by atoms with E-state index in [0.717, 1.165) is 24.3 Å². The van der Waals surface area contributed by atoms with E-state index in [9.17, 15) is 35.4 Å². The quantitative estimate of drug-likeness (QED) is 0.439. The van der Waals surface area contributed by atoms with Gasteiger partial charge in [-0.05, 0) is 30.5 Å². The normalized spacial score (nSPS) is 12.3. The Morgan fingerprint density at radius 3 is 2.04 bits per heavy atom. The molecule has 0 saturated carbocycles. The Morgan fingerprint density at radius 1 is 0.929 bits per heavy atom. The number of halogens is 1. The van der Waals surface area contributed by atoms with Gasteiger partial charge in [0, 0.05) is 11.5 Å². The molecule has 28 heavy (non-hydrogen) atoms. The van der Waals surface area contributed by atoms with Gasteiger partial charge in [0.15, 0.2) is 0 Å². The molecule has 2 aromatic carbocycles. The van der Waals surface area contributed by atoms with Gasteiger partial charge in [-0.1, -0.05) is 0 Å². The molecule has 0 unspecified atom stereocenters. The lowest BCUT2D eigenvalue weighted by atomic mass is 10.1. The van der Waals surface area contributed by atoms with Crippen molar-refractivity contribution in [3.8, 4) is 5.75 Å². The van der Waals surface area contributed by atoms with Crippen LogP contribution < -0.4 is 5.32 Å². The van der Waals surface area contributed by atoms with Gasteiger partial charge in [0.2, 0.25) is 5.95 Å². The van der Waals surface area contributed by atoms with Crippen molar-refractivity contribution in [1.82, 2.24) is 15.0 Å². The number of anilines is 2. The summed E-state index contributed by atoms with van der Waals surface area (Å²) in [6.07, 6.45) is -1.12. The predicted octanol–water partition coefficient (Wildman–Crippen LogP) is 1.41. The van der Waals surface area contributed by atoms with Crippen molar-refractivity contribution in [3.63, 3.8) is 0 Å². The van der Waals surface area contributed by atoms with E-state index in [1.165, 1.54) is 6.92 Å². The van der Waals surface area contributed by atoms with Gasteiger partial charge in [0.25, 0.3) is 20.2 Å². The molecule has 0 aliphatic carbocycles. The van der Waals surface area contributed by atoms with E-state index in [0.29, 0.717) is 0 Å². The lowest BCUT2D eigenvalue weighted by Gasteiger charge is -2.13. The van der Waals surface area contributed by atoms with Gasteiger partial charge in [0.05, 0.1) is 15.5 Å². The average Bonchev–Trinajstić information content (AvgIpc) is 2.51. The highest BCUT2D eigenvalue weighted by molar-refractivity contribution is 7.86. The number of aryl methyl sites for hydroxylation is 1. The Hall–Kier alpha value is -2.94. The van der Waals surface area contributed by atoms with Crippen LogP contribution in [0, 0.1) is 13.0 Å². The first-order valence-corrected chi connectivity index (χ1v) is 10.1. The standard InChI is InChI=1S/C14H11FN4O7S2/c1-6-16-13(15)19-14(17-6)18-10-4-8(27(21,22)23)2-7-3-9(28(24,25)26)5-11(20)12(7)10/h2-5,20H,1H3,(H,21,22,23)(H,24,25,26)(H,16,17,18,19). The summed E-state index contributed by atoms with van der Waals surface area (Å²) in [7, 11) is -9.47. The van der Waals surface area contributed by atoms with Crippen molar-refractivity contribution >= 4 is 42.6 Å². The highest BCUT2D eigenvalue weighted by atomic mass is 32.2. The van der Waals surface area contributed by atoms with Crippen LogP contribution in [0.5, 0.6) is 5.75 Å². The maximum absolute atomic E-state index is 13.4. The Morgan fingerprint density at radius 2 is 1.50 bits per heavy atom. The summed E-state index contributed by atoms with van der Waals surface area (Å²) in [5.41, 5.74) is -0.186. The van der Waals surface area contributed by atoms with E-state index < -0.39 is 41.9 Å². The van der Waals surface area contributed by atoms with E-state index in [2.05, 4.69) is 20.3 Å². The first-order valence-electron chi connectivity index (χ1n) is 7.25. The van der Waals surface area contributed by atoms with Crippen molar-refractivity contribution in [2.45, 2.75) is 16.7 Å². The molecule has 14 heteroatoms. The Labute approximate surface area is 157 Å². The zero-order valence-corrected chi connectivity index (χ0v) is 15.5. The fraction of sp³-hybridized carbons (Fsp3) is 0.0714. The van der Waals surface area contributed by atoms with Crippen LogP contribution in [0.15, 0.2) is 34.1 Å². The van der Waals surface area contributed by atoms with Crippen LogP contribution in [0.1, 0.15) is 5.82 Å². The van der Waals surface area contributed by atoms with E-state index in [1.54, 1.807) is 0 Å². The average molecular weight is 430 g/mol. The number of aromatic nitrogens is 3. The smallest absolute Gasteiger partial charge is 0.313 e. The topological polar surface area (TPSA) is 180 Å². The van der Waals surface area contributed by atoms with E-state index in [1.807, 2.05) is 0 Å². The number of rotatable bonds is 4. The second kappa shape index (κ2) is 6.59. The van der Waals surface area contributed by atoms with Gasteiger partial charge < -0.3 is 10.4 Å². The molecule has 148 valence electrons.